The Kier molecular flexibility index (Phi) is 12.6. The van der Waals surface area contributed by atoms with E-state index in [4.69, 9.17) is 21.7 Å². The van der Waals surface area contributed by atoms with Gasteiger partial charge in [-0.05, 0) is 25.8 Å². The lowest BCUT2D eigenvalue weighted by atomic mass is 10.2. The fraction of sp³-hybridized carbons (Fsp3) is 0.727. The molecule has 0 bridgehead atoms. The van der Waals surface area contributed by atoms with Crippen LogP contribution in [0.15, 0.2) is 0 Å². The van der Waals surface area contributed by atoms with Crippen LogP contribution in [0.4, 0.5) is 0 Å². The maximum atomic E-state index is 10.3. The van der Waals surface area contributed by atoms with Crippen molar-refractivity contribution in [3.05, 3.63) is 0 Å². The number of carbonyl (C=O) groups excluding carboxylic acids is 1. The number of hydrogen-bond acceptors (Lipinski definition) is 5. The quantitative estimate of drug-likeness (QED) is 0.449. The van der Waals surface area contributed by atoms with Crippen molar-refractivity contribution in [3.8, 4) is 0 Å². The summed E-state index contributed by atoms with van der Waals surface area (Å²) < 4.78 is 0. The van der Waals surface area contributed by atoms with Gasteiger partial charge in [-0.25, -0.2) is 4.79 Å². The number of carboxylic acids is 2. The zero-order valence-electron chi connectivity index (χ0n) is 10.6. The molecule has 6 N–H and O–H groups in total. The predicted octanol–water partition coefficient (Wildman–Crippen LogP) is -0.0325. The molecular formula is C11H22N2O5. The van der Waals surface area contributed by atoms with Gasteiger partial charge in [0.2, 0.25) is 5.78 Å². The molecule has 0 aliphatic rings. The van der Waals surface area contributed by atoms with Crippen molar-refractivity contribution in [3.63, 3.8) is 0 Å². The topological polar surface area (TPSA) is 144 Å². The van der Waals surface area contributed by atoms with Gasteiger partial charge in [0.15, 0.2) is 0 Å². The minimum Gasteiger partial charge on any atom is -0.480 e. The summed E-state index contributed by atoms with van der Waals surface area (Å²) in [6, 6.07) is -0.742. The summed E-state index contributed by atoms with van der Waals surface area (Å²) in [6.45, 7) is 2.41. The SMILES string of the molecule is CCCCC(=O)C(=O)O.NCCC[C@H](N)C(=O)O. The first-order valence-electron chi connectivity index (χ1n) is 5.81. The molecule has 7 nitrogen and oxygen atoms in total. The van der Waals surface area contributed by atoms with Gasteiger partial charge in [-0.1, -0.05) is 13.3 Å². The Morgan fingerprint density at radius 2 is 1.72 bits per heavy atom. The Hall–Kier alpha value is -1.47. The van der Waals surface area contributed by atoms with Crippen LogP contribution < -0.4 is 11.5 Å². The highest BCUT2D eigenvalue weighted by atomic mass is 16.4. The number of nitrogens with two attached hydrogens (primary N) is 2. The summed E-state index contributed by atoms with van der Waals surface area (Å²) in [6.07, 6.45) is 2.84. The van der Waals surface area contributed by atoms with Crippen LogP contribution in [0, 0.1) is 0 Å². The lowest BCUT2D eigenvalue weighted by molar-refractivity contribution is -0.149. The maximum absolute atomic E-state index is 10.3. The van der Waals surface area contributed by atoms with Crippen molar-refractivity contribution in [1.82, 2.24) is 0 Å². The zero-order chi connectivity index (χ0) is 14.6. The number of ketones is 1. The van der Waals surface area contributed by atoms with Gasteiger partial charge in [0.1, 0.15) is 6.04 Å². The Labute approximate surface area is 106 Å². The van der Waals surface area contributed by atoms with Crippen molar-refractivity contribution in [1.29, 1.82) is 0 Å². The molecule has 1 atom stereocenters. The number of hydrogen-bond donors (Lipinski definition) is 4. The molecule has 0 spiro atoms. The highest BCUT2D eigenvalue weighted by Crippen LogP contribution is 1.94. The highest BCUT2D eigenvalue weighted by Gasteiger charge is 2.09. The van der Waals surface area contributed by atoms with Gasteiger partial charge in [0, 0.05) is 6.42 Å². The summed E-state index contributed by atoms with van der Waals surface area (Å²) in [7, 11) is 0. The summed E-state index contributed by atoms with van der Waals surface area (Å²) in [5, 5.41) is 16.3. The molecule has 0 rings (SSSR count). The molecule has 0 aromatic carbocycles. The van der Waals surface area contributed by atoms with Crippen LogP contribution in [0.1, 0.15) is 39.0 Å². The molecule has 0 saturated heterocycles. The van der Waals surface area contributed by atoms with E-state index in [0.29, 0.717) is 25.8 Å². The van der Waals surface area contributed by atoms with Crippen molar-refractivity contribution in [2.24, 2.45) is 11.5 Å². The molecule has 0 radical (unpaired) electrons. The first kappa shape index (κ1) is 18.9. The van der Waals surface area contributed by atoms with E-state index in [1.807, 2.05) is 6.92 Å². The van der Waals surface area contributed by atoms with Crippen molar-refractivity contribution in [2.45, 2.75) is 45.1 Å². The van der Waals surface area contributed by atoms with Gasteiger partial charge in [-0.15, -0.1) is 0 Å². The second kappa shape index (κ2) is 12.0. The van der Waals surface area contributed by atoms with E-state index in [2.05, 4.69) is 0 Å². The van der Waals surface area contributed by atoms with Crippen LogP contribution in [-0.4, -0.2) is 40.5 Å². The predicted molar refractivity (Wildman–Crippen MR) is 66.1 cm³/mol. The second-order valence-corrected chi connectivity index (χ2v) is 3.71. The molecule has 0 unspecified atom stereocenters. The van der Waals surface area contributed by atoms with Gasteiger partial charge >= 0.3 is 11.9 Å². The molecule has 0 aromatic rings. The number of unbranched alkanes of at least 4 members (excludes halogenated alkanes) is 1. The Bertz CT molecular complexity index is 268. The standard InChI is InChI=1S/C6H10O3.C5H12N2O2/c1-2-3-4-5(7)6(8)9;6-3-1-2-4(7)5(8)9/h2-4H2,1H3,(H,8,9);4H,1-3,6-7H2,(H,8,9)/t;4-/m.0/s1. The Balaban J connectivity index is 0. The number of aliphatic carboxylic acids is 2. The fourth-order valence-corrected chi connectivity index (χ4v) is 0.906. The normalized spacial score (nSPS) is 11.1. The Morgan fingerprint density at radius 3 is 2.06 bits per heavy atom. The molecule has 0 saturated carbocycles. The van der Waals surface area contributed by atoms with Crippen LogP contribution in [0.3, 0.4) is 0 Å². The highest BCUT2D eigenvalue weighted by molar-refractivity contribution is 6.32. The third-order valence-electron chi connectivity index (χ3n) is 2.03. The summed E-state index contributed by atoms with van der Waals surface area (Å²) >= 11 is 0. The summed E-state index contributed by atoms with van der Waals surface area (Å²) in [5.41, 5.74) is 10.3. The molecule has 0 fully saturated rings. The number of carboxylic acid groups (broad SMARTS) is 2. The van der Waals surface area contributed by atoms with Crippen LogP contribution in [0.25, 0.3) is 0 Å². The van der Waals surface area contributed by atoms with Gasteiger partial charge in [-0.2, -0.15) is 0 Å². The van der Waals surface area contributed by atoms with Gasteiger partial charge in [-0.3, -0.25) is 9.59 Å². The zero-order valence-corrected chi connectivity index (χ0v) is 10.6. The largest absolute Gasteiger partial charge is 0.480 e. The molecular weight excluding hydrogens is 240 g/mol. The molecule has 0 heterocycles. The number of carbonyl (C=O) groups is 3. The molecule has 106 valence electrons. The van der Waals surface area contributed by atoms with Crippen molar-refractivity contribution in [2.75, 3.05) is 6.54 Å². The van der Waals surface area contributed by atoms with Gasteiger partial charge in [0.05, 0.1) is 0 Å². The van der Waals surface area contributed by atoms with E-state index in [1.54, 1.807) is 0 Å². The molecule has 0 amide bonds. The van der Waals surface area contributed by atoms with E-state index < -0.39 is 23.8 Å². The van der Waals surface area contributed by atoms with Crippen LogP contribution in [0.2, 0.25) is 0 Å². The maximum Gasteiger partial charge on any atom is 0.372 e. The Morgan fingerprint density at radius 1 is 1.17 bits per heavy atom. The second-order valence-electron chi connectivity index (χ2n) is 3.71. The van der Waals surface area contributed by atoms with E-state index in [0.717, 1.165) is 6.42 Å². The van der Waals surface area contributed by atoms with Gasteiger partial charge in [0.25, 0.3) is 0 Å². The van der Waals surface area contributed by atoms with Crippen LogP contribution in [-0.2, 0) is 14.4 Å². The van der Waals surface area contributed by atoms with Crippen molar-refractivity contribution >= 4 is 17.7 Å². The first-order chi connectivity index (χ1) is 8.36. The third kappa shape index (κ3) is 12.6. The monoisotopic (exact) mass is 262 g/mol. The smallest absolute Gasteiger partial charge is 0.372 e. The summed E-state index contributed by atoms with van der Waals surface area (Å²) in [4.78, 5) is 30.2. The lowest BCUT2D eigenvalue weighted by Crippen LogP contribution is -2.30. The molecule has 0 aliphatic heterocycles. The van der Waals surface area contributed by atoms with E-state index >= 15 is 0 Å². The molecule has 18 heavy (non-hydrogen) atoms. The average molecular weight is 262 g/mol. The average Bonchev–Trinajstić information content (AvgIpc) is 2.33. The summed E-state index contributed by atoms with van der Waals surface area (Å²) in [5.74, 6) is -2.95. The molecule has 0 aromatic heterocycles. The third-order valence-corrected chi connectivity index (χ3v) is 2.03. The molecule has 7 heteroatoms. The minimum absolute atomic E-state index is 0.172. The van der Waals surface area contributed by atoms with Crippen molar-refractivity contribution < 1.29 is 24.6 Å². The minimum atomic E-state index is -1.32. The number of Topliss-reactive ketones (excluding diaryl/α,β-unsaturated/α-hetero) is 1. The lowest BCUT2D eigenvalue weighted by Gasteiger charge is -2.02. The molecule has 0 aliphatic carbocycles. The van der Waals surface area contributed by atoms with Crippen LogP contribution in [0.5, 0.6) is 0 Å². The first-order valence-corrected chi connectivity index (χ1v) is 5.81. The fourth-order valence-electron chi connectivity index (χ4n) is 0.906. The van der Waals surface area contributed by atoms with E-state index in [1.165, 1.54) is 0 Å². The van der Waals surface area contributed by atoms with E-state index in [9.17, 15) is 14.4 Å². The van der Waals surface area contributed by atoms with Crippen LogP contribution >= 0.6 is 0 Å². The van der Waals surface area contributed by atoms with Gasteiger partial charge < -0.3 is 21.7 Å². The number of rotatable bonds is 8. The van der Waals surface area contributed by atoms with E-state index in [-0.39, 0.29) is 6.42 Å².